The van der Waals surface area contributed by atoms with Crippen LogP contribution in [0.2, 0.25) is 0 Å². The van der Waals surface area contributed by atoms with Gasteiger partial charge in [-0.1, -0.05) is 6.07 Å². The van der Waals surface area contributed by atoms with E-state index in [1.54, 1.807) is 24.6 Å². The number of aryl methyl sites for hydroxylation is 2. The number of sulfonamides is 1. The van der Waals surface area contributed by atoms with Gasteiger partial charge in [-0.25, -0.2) is 12.8 Å². The zero-order valence-corrected chi connectivity index (χ0v) is 12.3. The van der Waals surface area contributed by atoms with Crippen LogP contribution in [-0.4, -0.2) is 18.2 Å². The average molecular weight is 297 g/mol. The van der Waals surface area contributed by atoms with Crippen LogP contribution in [0, 0.1) is 19.7 Å². The molecule has 1 aromatic carbocycles. The van der Waals surface area contributed by atoms with Gasteiger partial charge in [0.05, 0.1) is 17.6 Å². The summed E-state index contributed by atoms with van der Waals surface area (Å²) in [5.41, 5.74) is 1.23. The zero-order chi connectivity index (χ0) is 14.9. The van der Waals surface area contributed by atoms with E-state index in [1.165, 1.54) is 18.3 Å². The van der Waals surface area contributed by atoms with Crippen molar-refractivity contribution in [2.24, 2.45) is 0 Å². The Morgan fingerprint density at radius 1 is 1.35 bits per heavy atom. The zero-order valence-electron chi connectivity index (χ0n) is 11.5. The summed E-state index contributed by atoms with van der Waals surface area (Å²) >= 11 is 0. The monoisotopic (exact) mass is 297 g/mol. The van der Waals surface area contributed by atoms with Gasteiger partial charge in [-0.3, -0.25) is 9.40 Å². The fourth-order valence-corrected chi connectivity index (χ4v) is 3.17. The number of halogens is 1. The Morgan fingerprint density at radius 2 is 2.05 bits per heavy atom. The van der Waals surface area contributed by atoms with Crippen molar-refractivity contribution in [1.29, 1.82) is 0 Å². The van der Waals surface area contributed by atoms with Crippen LogP contribution < -0.4 is 4.72 Å². The third kappa shape index (κ3) is 2.67. The van der Waals surface area contributed by atoms with Crippen molar-refractivity contribution in [3.05, 3.63) is 41.5 Å². The van der Waals surface area contributed by atoms with E-state index < -0.39 is 15.8 Å². The van der Waals surface area contributed by atoms with Crippen LogP contribution in [0.1, 0.15) is 18.2 Å². The number of hydrogen-bond acceptors (Lipinski definition) is 3. The predicted molar refractivity (Wildman–Crippen MR) is 74.6 cm³/mol. The maximum atomic E-state index is 13.6. The lowest BCUT2D eigenvalue weighted by Crippen LogP contribution is -2.15. The first kappa shape index (κ1) is 14.5. The summed E-state index contributed by atoms with van der Waals surface area (Å²) in [7, 11) is -3.85. The molecule has 0 aliphatic rings. The molecule has 108 valence electrons. The van der Waals surface area contributed by atoms with Gasteiger partial charge < -0.3 is 0 Å². The van der Waals surface area contributed by atoms with Crippen molar-refractivity contribution >= 4 is 15.7 Å². The topological polar surface area (TPSA) is 64.0 Å². The van der Waals surface area contributed by atoms with E-state index in [2.05, 4.69) is 9.82 Å². The van der Waals surface area contributed by atoms with Crippen molar-refractivity contribution in [1.82, 2.24) is 9.78 Å². The highest BCUT2D eigenvalue weighted by atomic mass is 32.2. The molecular weight excluding hydrogens is 281 g/mol. The third-order valence-corrected chi connectivity index (χ3v) is 4.48. The quantitative estimate of drug-likeness (QED) is 0.943. The van der Waals surface area contributed by atoms with Crippen molar-refractivity contribution in [2.45, 2.75) is 32.2 Å². The predicted octanol–water partition coefficient (Wildman–Crippen LogP) is 2.46. The van der Waals surface area contributed by atoms with Gasteiger partial charge in [-0.15, -0.1) is 0 Å². The molecule has 2 rings (SSSR count). The van der Waals surface area contributed by atoms with E-state index in [0.29, 0.717) is 12.2 Å². The number of benzene rings is 1. The van der Waals surface area contributed by atoms with E-state index >= 15 is 0 Å². The minimum Gasteiger partial charge on any atom is -0.277 e. The Labute approximate surface area is 117 Å². The normalized spacial score (nSPS) is 11.6. The lowest BCUT2D eigenvalue weighted by molar-refractivity contribution is 0.596. The average Bonchev–Trinajstić information content (AvgIpc) is 2.75. The first-order valence-electron chi connectivity index (χ1n) is 6.16. The molecule has 2 aromatic rings. The smallest absolute Gasteiger partial charge is 0.265 e. The van der Waals surface area contributed by atoms with Gasteiger partial charge >= 0.3 is 0 Å². The Morgan fingerprint density at radius 3 is 2.65 bits per heavy atom. The van der Waals surface area contributed by atoms with Crippen molar-refractivity contribution in [2.75, 3.05) is 4.72 Å². The Balaban J connectivity index is 2.40. The van der Waals surface area contributed by atoms with Gasteiger partial charge in [0.1, 0.15) is 10.7 Å². The maximum absolute atomic E-state index is 13.6. The standard InChI is InChI=1S/C13H16FN3O2S/c1-4-17-10(3)13(8-15-17)20(18,19)16-12-7-9(2)5-6-11(12)14/h5-8,16H,4H2,1-3H3. The van der Waals surface area contributed by atoms with Crippen LogP contribution >= 0.6 is 0 Å². The molecule has 20 heavy (non-hydrogen) atoms. The van der Waals surface area contributed by atoms with E-state index in [0.717, 1.165) is 5.56 Å². The largest absolute Gasteiger partial charge is 0.277 e. The molecule has 5 nitrogen and oxygen atoms in total. The molecule has 0 aliphatic heterocycles. The molecule has 0 spiro atoms. The highest BCUT2D eigenvalue weighted by Crippen LogP contribution is 2.22. The van der Waals surface area contributed by atoms with Gasteiger partial charge in [0.25, 0.3) is 10.0 Å². The van der Waals surface area contributed by atoms with Crippen molar-refractivity contribution in [3.63, 3.8) is 0 Å². The van der Waals surface area contributed by atoms with Gasteiger partial charge in [-0.2, -0.15) is 5.10 Å². The van der Waals surface area contributed by atoms with E-state index in [-0.39, 0.29) is 10.6 Å². The second-order valence-electron chi connectivity index (χ2n) is 4.50. The van der Waals surface area contributed by atoms with Crippen LogP contribution in [0.4, 0.5) is 10.1 Å². The molecule has 0 saturated carbocycles. The SMILES string of the molecule is CCn1ncc(S(=O)(=O)Nc2cc(C)ccc2F)c1C. The molecule has 0 saturated heterocycles. The second kappa shape index (κ2) is 5.24. The number of anilines is 1. The Hall–Kier alpha value is -1.89. The van der Waals surface area contributed by atoms with E-state index in [9.17, 15) is 12.8 Å². The van der Waals surface area contributed by atoms with E-state index in [4.69, 9.17) is 0 Å². The summed E-state index contributed by atoms with van der Waals surface area (Å²) in [5, 5.41) is 3.99. The third-order valence-electron chi connectivity index (χ3n) is 3.01. The summed E-state index contributed by atoms with van der Waals surface area (Å²) < 4.78 is 42.0. The molecule has 0 amide bonds. The second-order valence-corrected chi connectivity index (χ2v) is 6.15. The summed E-state index contributed by atoms with van der Waals surface area (Å²) in [4.78, 5) is 0.0558. The van der Waals surface area contributed by atoms with Crippen LogP contribution in [-0.2, 0) is 16.6 Å². The molecule has 1 N–H and O–H groups in total. The Kier molecular flexibility index (Phi) is 3.80. The molecular formula is C13H16FN3O2S. The molecule has 7 heteroatoms. The van der Waals surface area contributed by atoms with Gasteiger partial charge in [-0.05, 0) is 38.5 Å². The first-order valence-corrected chi connectivity index (χ1v) is 7.65. The number of nitrogens with one attached hydrogen (secondary N) is 1. The van der Waals surface area contributed by atoms with Crippen molar-refractivity contribution in [3.8, 4) is 0 Å². The van der Waals surface area contributed by atoms with Crippen molar-refractivity contribution < 1.29 is 12.8 Å². The van der Waals surface area contributed by atoms with Crippen LogP contribution in [0.5, 0.6) is 0 Å². The Bertz CT molecular complexity index is 738. The maximum Gasteiger partial charge on any atom is 0.265 e. The molecule has 1 aromatic heterocycles. The van der Waals surface area contributed by atoms with E-state index in [1.807, 2.05) is 6.92 Å². The summed E-state index contributed by atoms with van der Waals surface area (Å²) in [6.45, 7) is 5.86. The number of hydrogen-bond donors (Lipinski definition) is 1. The fourth-order valence-electron chi connectivity index (χ4n) is 1.93. The molecule has 0 bridgehead atoms. The summed E-state index contributed by atoms with van der Waals surface area (Å²) in [6, 6.07) is 4.26. The number of nitrogens with zero attached hydrogens (tertiary/aromatic N) is 2. The van der Waals surface area contributed by atoms with Gasteiger partial charge in [0, 0.05) is 6.54 Å². The number of rotatable bonds is 4. The molecule has 0 aliphatic carbocycles. The highest BCUT2D eigenvalue weighted by molar-refractivity contribution is 7.92. The molecule has 1 heterocycles. The highest BCUT2D eigenvalue weighted by Gasteiger charge is 2.21. The molecule has 0 radical (unpaired) electrons. The fraction of sp³-hybridized carbons (Fsp3) is 0.308. The molecule has 0 atom stereocenters. The minimum atomic E-state index is -3.85. The van der Waals surface area contributed by atoms with Gasteiger partial charge in [0.15, 0.2) is 0 Å². The summed E-state index contributed by atoms with van der Waals surface area (Å²) in [5.74, 6) is -0.611. The lowest BCUT2D eigenvalue weighted by Gasteiger charge is -2.09. The van der Waals surface area contributed by atoms with Crippen LogP contribution in [0.15, 0.2) is 29.3 Å². The van der Waals surface area contributed by atoms with Crippen LogP contribution in [0.25, 0.3) is 0 Å². The lowest BCUT2D eigenvalue weighted by atomic mass is 10.2. The minimum absolute atomic E-state index is 0.0558. The van der Waals surface area contributed by atoms with Crippen LogP contribution in [0.3, 0.4) is 0 Å². The van der Waals surface area contributed by atoms with Gasteiger partial charge in [0.2, 0.25) is 0 Å². The number of aromatic nitrogens is 2. The summed E-state index contributed by atoms with van der Waals surface area (Å²) in [6.07, 6.45) is 1.27. The molecule has 0 fully saturated rings. The molecule has 0 unspecified atom stereocenters. The first-order chi connectivity index (χ1) is 9.35.